The summed E-state index contributed by atoms with van der Waals surface area (Å²) < 4.78 is 25.6. The number of carbonyl (C=O) groups is 1. The first-order valence-corrected chi connectivity index (χ1v) is 5.87. The summed E-state index contributed by atoms with van der Waals surface area (Å²) in [5.74, 6) is -2.71. The number of rotatable bonds is 5. The number of nitrogens with two attached hydrogens (primary N) is 1. The van der Waals surface area contributed by atoms with Crippen LogP contribution in [0.3, 0.4) is 0 Å². The molecule has 1 unspecified atom stereocenters. The van der Waals surface area contributed by atoms with Crippen molar-refractivity contribution in [3.8, 4) is 0 Å². The monoisotopic (exact) mass is 272 g/mol. The summed E-state index contributed by atoms with van der Waals surface area (Å²) in [5, 5.41) is 2.58. The number of carbonyl (C=O) groups excluding carboxylic acids is 1. The summed E-state index contributed by atoms with van der Waals surface area (Å²) in [6, 6.07) is 3.46. The molecule has 1 rings (SSSR count). The van der Waals surface area contributed by atoms with Crippen LogP contribution in [-0.4, -0.2) is 10.9 Å². The van der Waals surface area contributed by atoms with E-state index in [9.17, 15) is 13.6 Å². The van der Waals surface area contributed by atoms with Crippen LogP contribution in [-0.2, 0) is 11.3 Å². The van der Waals surface area contributed by atoms with E-state index in [1.165, 1.54) is 6.07 Å². The van der Waals surface area contributed by atoms with Crippen LogP contribution in [0.1, 0.15) is 18.9 Å². The molecule has 0 radical (unpaired) electrons. The van der Waals surface area contributed by atoms with Crippen LogP contribution in [0, 0.1) is 17.6 Å². The van der Waals surface area contributed by atoms with Crippen molar-refractivity contribution in [3.63, 3.8) is 0 Å². The van der Waals surface area contributed by atoms with Crippen molar-refractivity contribution in [3.05, 3.63) is 35.4 Å². The Kier molecular flexibility index (Phi) is 5.15. The highest BCUT2D eigenvalue weighted by Gasteiger charge is 2.18. The fourth-order valence-electron chi connectivity index (χ4n) is 1.48. The molecule has 0 saturated carbocycles. The number of hydrogen-bond donors (Lipinski definition) is 2. The predicted molar refractivity (Wildman–Crippen MR) is 68.8 cm³/mol. The van der Waals surface area contributed by atoms with Gasteiger partial charge in [0.05, 0.1) is 10.9 Å². The minimum Gasteiger partial charge on any atom is -0.393 e. The van der Waals surface area contributed by atoms with Gasteiger partial charge in [0.25, 0.3) is 0 Å². The zero-order valence-corrected chi connectivity index (χ0v) is 10.7. The van der Waals surface area contributed by atoms with Crippen LogP contribution >= 0.6 is 12.2 Å². The lowest BCUT2D eigenvalue weighted by molar-refractivity contribution is -0.123. The van der Waals surface area contributed by atoms with Gasteiger partial charge in [0, 0.05) is 6.54 Å². The fraction of sp³-hybridized carbons (Fsp3) is 0.333. The molecule has 0 spiro atoms. The van der Waals surface area contributed by atoms with Gasteiger partial charge >= 0.3 is 0 Å². The van der Waals surface area contributed by atoms with E-state index in [0.29, 0.717) is 12.0 Å². The molecule has 0 fully saturated rings. The zero-order valence-electron chi connectivity index (χ0n) is 9.87. The highest BCUT2D eigenvalue weighted by atomic mass is 32.1. The zero-order chi connectivity index (χ0) is 13.7. The first-order valence-electron chi connectivity index (χ1n) is 5.46. The molecule has 0 aliphatic rings. The average Bonchev–Trinajstić information content (AvgIpc) is 2.31. The van der Waals surface area contributed by atoms with Gasteiger partial charge in [-0.1, -0.05) is 25.2 Å². The van der Waals surface area contributed by atoms with E-state index >= 15 is 0 Å². The first kappa shape index (κ1) is 14.5. The second-order valence-electron chi connectivity index (χ2n) is 3.83. The van der Waals surface area contributed by atoms with Crippen LogP contribution < -0.4 is 11.1 Å². The number of benzene rings is 1. The minimum absolute atomic E-state index is 0.106. The van der Waals surface area contributed by atoms with Crippen LogP contribution in [0.5, 0.6) is 0 Å². The maximum Gasteiger partial charge on any atom is 0.230 e. The van der Waals surface area contributed by atoms with Gasteiger partial charge in [0.2, 0.25) is 5.91 Å². The molecule has 0 saturated heterocycles. The van der Waals surface area contributed by atoms with Gasteiger partial charge in [0.1, 0.15) is 0 Å². The Bertz CT molecular complexity index is 465. The Morgan fingerprint density at radius 2 is 2.11 bits per heavy atom. The van der Waals surface area contributed by atoms with Crippen LogP contribution in [0.2, 0.25) is 0 Å². The van der Waals surface area contributed by atoms with Gasteiger partial charge in [-0.2, -0.15) is 0 Å². The number of amides is 1. The Morgan fingerprint density at radius 1 is 1.44 bits per heavy atom. The molecule has 0 aromatic heterocycles. The molecule has 1 aromatic rings. The van der Waals surface area contributed by atoms with Gasteiger partial charge in [-0.3, -0.25) is 4.79 Å². The van der Waals surface area contributed by atoms with E-state index in [1.807, 2.05) is 0 Å². The maximum atomic E-state index is 12.9. The van der Waals surface area contributed by atoms with E-state index < -0.39 is 17.6 Å². The number of nitrogens with one attached hydrogen (secondary N) is 1. The van der Waals surface area contributed by atoms with Crippen molar-refractivity contribution in [1.29, 1.82) is 0 Å². The second kappa shape index (κ2) is 6.39. The summed E-state index contributed by atoms with van der Waals surface area (Å²) in [6.45, 7) is 1.90. The standard InChI is InChI=1S/C12H14F2N2OS/c1-2-8(11(15)18)12(17)16-6-7-3-4-9(13)10(14)5-7/h3-5,8H,2,6H2,1H3,(H2,15,18)(H,16,17). The molecule has 0 bridgehead atoms. The van der Waals surface area contributed by atoms with Crippen molar-refractivity contribution in [1.82, 2.24) is 5.32 Å². The van der Waals surface area contributed by atoms with Gasteiger partial charge in [-0.15, -0.1) is 0 Å². The van der Waals surface area contributed by atoms with Gasteiger partial charge in [-0.05, 0) is 24.1 Å². The lowest BCUT2D eigenvalue weighted by Gasteiger charge is -2.13. The Hall–Kier alpha value is -1.56. The largest absolute Gasteiger partial charge is 0.393 e. The van der Waals surface area contributed by atoms with Crippen LogP contribution in [0.4, 0.5) is 8.78 Å². The second-order valence-corrected chi connectivity index (χ2v) is 4.30. The van der Waals surface area contributed by atoms with Crippen molar-refractivity contribution < 1.29 is 13.6 Å². The molecular formula is C12H14F2N2OS. The van der Waals surface area contributed by atoms with Gasteiger partial charge in [0.15, 0.2) is 11.6 Å². The third-order valence-corrected chi connectivity index (χ3v) is 2.80. The smallest absolute Gasteiger partial charge is 0.230 e. The van der Waals surface area contributed by atoms with Crippen molar-refractivity contribution in [2.75, 3.05) is 0 Å². The van der Waals surface area contributed by atoms with Crippen LogP contribution in [0.15, 0.2) is 18.2 Å². The summed E-state index contributed by atoms with van der Waals surface area (Å²) in [5.41, 5.74) is 5.89. The Morgan fingerprint density at radius 3 is 2.61 bits per heavy atom. The van der Waals surface area contributed by atoms with E-state index in [2.05, 4.69) is 5.32 Å². The van der Waals surface area contributed by atoms with Crippen molar-refractivity contribution >= 4 is 23.1 Å². The molecule has 6 heteroatoms. The van der Waals surface area contributed by atoms with Crippen LogP contribution in [0.25, 0.3) is 0 Å². The van der Waals surface area contributed by atoms with Crippen molar-refractivity contribution in [2.45, 2.75) is 19.9 Å². The minimum atomic E-state index is -0.942. The fourth-order valence-corrected chi connectivity index (χ4v) is 1.75. The van der Waals surface area contributed by atoms with E-state index in [1.54, 1.807) is 6.92 Å². The third kappa shape index (κ3) is 3.73. The highest BCUT2D eigenvalue weighted by molar-refractivity contribution is 7.80. The number of thiocarbonyl (C=S) groups is 1. The Labute approximate surface area is 109 Å². The third-order valence-electron chi connectivity index (χ3n) is 2.52. The molecule has 3 nitrogen and oxygen atoms in total. The normalized spacial score (nSPS) is 11.9. The SMILES string of the molecule is CCC(C(=O)NCc1ccc(F)c(F)c1)C(N)=S. The Balaban J connectivity index is 2.62. The predicted octanol–water partition coefficient (Wildman–Crippen LogP) is 1.89. The van der Waals surface area contributed by atoms with E-state index in [-0.39, 0.29) is 17.4 Å². The summed E-state index contributed by atoms with van der Waals surface area (Å²) in [4.78, 5) is 11.8. The topological polar surface area (TPSA) is 55.1 Å². The quantitative estimate of drug-likeness (QED) is 0.805. The lowest BCUT2D eigenvalue weighted by atomic mass is 10.1. The average molecular weight is 272 g/mol. The molecule has 0 heterocycles. The molecule has 98 valence electrons. The summed E-state index contributed by atoms with van der Waals surface area (Å²) in [6.07, 6.45) is 0.499. The summed E-state index contributed by atoms with van der Waals surface area (Å²) in [7, 11) is 0. The van der Waals surface area contributed by atoms with Gasteiger partial charge < -0.3 is 11.1 Å². The first-order chi connectivity index (χ1) is 8.45. The number of hydrogen-bond acceptors (Lipinski definition) is 2. The molecule has 3 N–H and O–H groups in total. The molecule has 18 heavy (non-hydrogen) atoms. The molecule has 0 aliphatic carbocycles. The van der Waals surface area contributed by atoms with Crippen molar-refractivity contribution in [2.24, 2.45) is 11.7 Å². The summed E-state index contributed by atoms with van der Waals surface area (Å²) >= 11 is 4.77. The van der Waals surface area contributed by atoms with E-state index in [4.69, 9.17) is 18.0 Å². The number of halogens is 2. The molecule has 1 amide bonds. The van der Waals surface area contributed by atoms with E-state index in [0.717, 1.165) is 12.1 Å². The molecule has 1 atom stereocenters. The molecule has 1 aromatic carbocycles. The lowest BCUT2D eigenvalue weighted by Crippen LogP contribution is -2.37. The highest BCUT2D eigenvalue weighted by Crippen LogP contribution is 2.09. The maximum absolute atomic E-state index is 12.9. The van der Waals surface area contributed by atoms with Gasteiger partial charge in [-0.25, -0.2) is 8.78 Å². The molecule has 0 aliphatic heterocycles. The molecular weight excluding hydrogens is 258 g/mol.